The fourth-order valence-corrected chi connectivity index (χ4v) is 21.7. The summed E-state index contributed by atoms with van der Waals surface area (Å²) >= 11 is 0. The maximum Gasteiger partial charge on any atom is 0.164 e. The molecule has 0 saturated carbocycles. The fourth-order valence-electron chi connectivity index (χ4n) is 21.7. The molecule has 0 N–H and O–H groups in total. The number of nitriles is 2. The summed E-state index contributed by atoms with van der Waals surface area (Å²) in [6.07, 6.45) is 0. The number of fused-ring (bicyclic) bond motifs is 18. The van der Waals surface area contributed by atoms with Crippen LogP contribution < -0.4 is 0 Å². The zero-order valence-electron chi connectivity index (χ0n) is 78.7. The second-order valence-corrected chi connectivity index (χ2v) is 38.2. The molecule has 14 heteroatoms. The minimum absolute atomic E-state index is 0.0489. The quantitative estimate of drug-likeness (QED) is 0.114. The van der Waals surface area contributed by atoms with Gasteiger partial charge in [0.15, 0.2) is 52.4 Å². The van der Waals surface area contributed by atoms with E-state index in [0.717, 1.165) is 78.2 Å². The van der Waals surface area contributed by atoms with Crippen LogP contribution in [0.15, 0.2) is 425 Å². The number of aromatic nitrogens is 12. The van der Waals surface area contributed by atoms with Crippen molar-refractivity contribution >= 4 is 65.4 Å². The lowest BCUT2D eigenvalue weighted by molar-refractivity contribution is 0.661. The van der Waals surface area contributed by atoms with Crippen LogP contribution in [0.5, 0.6) is 0 Å². The van der Waals surface area contributed by atoms with Gasteiger partial charge in [-0.15, -0.1) is 0 Å². The highest BCUT2D eigenvalue weighted by atomic mass is 15.1. The van der Waals surface area contributed by atoms with E-state index >= 15 is 0 Å². The van der Waals surface area contributed by atoms with Crippen LogP contribution in [0.2, 0.25) is 0 Å². The summed E-state index contributed by atoms with van der Waals surface area (Å²) < 4.78 is 7.12. The van der Waals surface area contributed by atoms with E-state index in [9.17, 15) is 10.5 Å². The maximum absolute atomic E-state index is 9.57. The van der Waals surface area contributed by atoms with E-state index in [4.69, 9.17) is 44.9 Å². The van der Waals surface area contributed by atoms with Gasteiger partial charge in [-0.3, -0.25) is 0 Å². The first kappa shape index (κ1) is 85.1. The van der Waals surface area contributed by atoms with Gasteiger partial charge in [-0.25, -0.2) is 44.9 Å². The molecule has 0 unspecified atom stereocenters. The van der Waals surface area contributed by atoms with Gasteiger partial charge in [-0.2, -0.15) is 10.5 Å². The van der Waals surface area contributed by atoms with Gasteiger partial charge in [-0.1, -0.05) is 339 Å². The summed E-state index contributed by atoms with van der Waals surface area (Å²) in [5, 5.41) is 26.6. The molecule has 0 saturated heterocycles. The van der Waals surface area contributed by atoms with Crippen molar-refractivity contribution in [2.45, 2.75) is 57.8 Å². The summed E-state index contributed by atoms with van der Waals surface area (Å²) in [6, 6.07) is 152. The first-order valence-electron chi connectivity index (χ1n) is 47.9. The van der Waals surface area contributed by atoms with Gasteiger partial charge in [0.25, 0.3) is 0 Å². The molecule has 6 heterocycles. The number of hydrogen-bond acceptors (Lipinski definition) is 11. The molecule has 6 aromatic heterocycles. The van der Waals surface area contributed by atoms with Crippen LogP contribution in [0.4, 0.5) is 0 Å². The largest absolute Gasteiger partial charge is 0.309 e. The van der Waals surface area contributed by atoms with E-state index in [-0.39, 0.29) is 16.2 Å². The lowest BCUT2D eigenvalue weighted by Crippen LogP contribution is -2.15. The summed E-state index contributed by atoms with van der Waals surface area (Å²) in [5.41, 5.74) is 35.1. The molecule has 142 heavy (non-hydrogen) atoms. The summed E-state index contributed by atoms with van der Waals surface area (Å²) in [5.74, 6) is 5.32. The molecule has 3 aliphatic rings. The predicted octanol–water partition coefficient (Wildman–Crippen LogP) is 30.6. The average Bonchev–Trinajstić information content (AvgIpc) is 1.56. The van der Waals surface area contributed by atoms with Crippen LogP contribution in [0, 0.1) is 22.7 Å². The monoisotopic (exact) mass is 1820 g/mol. The third-order valence-electron chi connectivity index (χ3n) is 28.8. The second-order valence-electron chi connectivity index (χ2n) is 38.2. The van der Waals surface area contributed by atoms with Crippen molar-refractivity contribution in [3.8, 4) is 165 Å². The molecular weight excluding hydrogens is 1730 g/mol. The SMILES string of the molecule is CC1(C)c2ccccc2-c2cc3c(cc21)c1ccccc1n3-c1ccc(-c2nc(-c3ccccc3)nc(-c3ccccc3)n2)cc1.CC1(C)c2ccccc2-c2cc3c4ccccc4n(-c4cccc(-c5nc(-c6ccccc6)nc(-c6cccc(C#N)c6)n5)c4)c3cc21.CC1(C)c2ccccc2-c2cc3c4ccccc4n(-c4cccc(-c5nc(-c6ccccc6)nc(-c6cccc(C#N)c6)n5)c4)c3cc21. The average molecular weight is 1820 g/mol. The zero-order chi connectivity index (χ0) is 95.6. The third-order valence-corrected chi connectivity index (χ3v) is 28.8. The zero-order valence-corrected chi connectivity index (χ0v) is 78.7. The Hall–Kier alpha value is -18.6. The fraction of sp³-hybridized carbons (Fsp3) is 0.0703. The Morgan fingerprint density at radius 3 is 0.775 bits per heavy atom. The molecule has 0 radical (unpaired) electrons. The van der Waals surface area contributed by atoms with Crippen molar-refractivity contribution in [2.75, 3.05) is 0 Å². The number of para-hydroxylation sites is 3. The Kier molecular flexibility index (Phi) is 20.3. The predicted molar refractivity (Wildman–Crippen MR) is 574 cm³/mol. The van der Waals surface area contributed by atoms with E-state index in [2.05, 4.69) is 322 Å². The molecule has 3 aliphatic carbocycles. The van der Waals surface area contributed by atoms with Crippen molar-refractivity contribution < 1.29 is 0 Å². The smallest absolute Gasteiger partial charge is 0.164 e. The van der Waals surface area contributed by atoms with Gasteiger partial charge in [0.1, 0.15) is 0 Å². The Bertz CT molecular complexity index is 8920. The topological polar surface area (TPSA) is 178 Å². The highest BCUT2D eigenvalue weighted by molar-refractivity contribution is 6.15. The Balaban J connectivity index is 0.000000112. The molecule has 24 aromatic rings. The molecule has 14 nitrogen and oxygen atoms in total. The molecule has 670 valence electrons. The summed E-state index contributed by atoms with van der Waals surface area (Å²) in [7, 11) is 0. The molecule has 18 aromatic carbocycles. The van der Waals surface area contributed by atoms with E-state index in [0.29, 0.717) is 63.5 Å². The van der Waals surface area contributed by atoms with Crippen LogP contribution in [0.3, 0.4) is 0 Å². The molecule has 0 spiro atoms. The summed E-state index contributed by atoms with van der Waals surface area (Å²) in [4.78, 5) is 44.3. The molecule has 0 amide bonds. The second kappa shape index (κ2) is 34.0. The standard InChI is InChI=1S/2C43H29N5.C42H30N4/c2*1-43(2)36-20-8-6-18-32(36)34-24-35-33-19-7-9-21-38(33)48(39(35)25-37(34)43)31-17-11-16-30(23-31)42-46-40(28-13-4-3-5-14-28)45-41(47-42)29-15-10-12-27(22-29)26-44;1-42(2)35-19-11-9-17-31(35)33-26-38-34(25-36(33)42)32-18-10-12-20-37(32)46(38)30-23-21-29(22-24-30)41-44-39(27-13-5-3-6-14-27)43-40(45-41)28-15-7-4-8-16-28/h2*3-25H,1-2H3;3-26H,1-2H3. The maximum atomic E-state index is 9.57. The molecule has 0 fully saturated rings. The van der Waals surface area contributed by atoms with Crippen molar-refractivity contribution in [1.29, 1.82) is 10.5 Å². The number of hydrogen-bond donors (Lipinski definition) is 0. The van der Waals surface area contributed by atoms with Crippen molar-refractivity contribution in [3.05, 3.63) is 469 Å². The lowest BCUT2D eigenvalue weighted by atomic mass is 9.82. The number of nitrogens with zero attached hydrogens (tertiary/aromatic N) is 14. The molecule has 0 bridgehead atoms. The van der Waals surface area contributed by atoms with E-state index in [1.54, 1.807) is 12.1 Å². The number of rotatable bonds is 12. The molecule has 0 aliphatic heterocycles. The highest BCUT2D eigenvalue weighted by Crippen LogP contribution is 2.55. The first-order chi connectivity index (χ1) is 69.5. The minimum atomic E-state index is -0.110. The van der Waals surface area contributed by atoms with Gasteiger partial charge < -0.3 is 13.7 Å². The minimum Gasteiger partial charge on any atom is -0.309 e. The van der Waals surface area contributed by atoms with Crippen LogP contribution in [0.25, 0.3) is 218 Å². The van der Waals surface area contributed by atoms with Crippen molar-refractivity contribution in [1.82, 2.24) is 58.6 Å². The van der Waals surface area contributed by atoms with Crippen LogP contribution in [-0.4, -0.2) is 58.6 Å². The molecule has 0 atom stereocenters. The Morgan fingerprint density at radius 1 is 0.176 bits per heavy atom. The lowest BCUT2D eigenvalue weighted by Gasteiger charge is -2.21. The number of benzene rings is 18. The van der Waals surface area contributed by atoms with Crippen molar-refractivity contribution in [3.63, 3.8) is 0 Å². The Morgan fingerprint density at radius 2 is 0.430 bits per heavy atom. The van der Waals surface area contributed by atoms with Crippen LogP contribution >= 0.6 is 0 Å². The molecule has 27 rings (SSSR count). The molecular formula is C128H88N14. The van der Waals surface area contributed by atoms with Gasteiger partial charge in [-0.05, 0) is 194 Å². The van der Waals surface area contributed by atoms with Gasteiger partial charge in [0, 0.05) is 116 Å². The van der Waals surface area contributed by atoms with Crippen LogP contribution in [0.1, 0.15) is 86.1 Å². The normalized spacial score (nSPS) is 13.0. The highest BCUT2D eigenvalue weighted by Gasteiger charge is 2.40. The van der Waals surface area contributed by atoms with Gasteiger partial charge in [0.2, 0.25) is 0 Å². The van der Waals surface area contributed by atoms with Crippen molar-refractivity contribution in [2.24, 2.45) is 0 Å². The van der Waals surface area contributed by atoms with Crippen LogP contribution in [-0.2, 0) is 16.2 Å². The van der Waals surface area contributed by atoms with Gasteiger partial charge in [0.05, 0.1) is 56.4 Å². The van der Waals surface area contributed by atoms with E-state index < -0.39 is 0 Å². The third kappa shape index (κ3) is 14.4. The Labute approximate surface area is 821 Å². The summed E-state index contributed by atoms with van der Waals surface area (Å²) in [6.45, 7) is 14.0. The first-order valence-corrected chi connectivity index (χ1v) is 47.9. The van der Waals surface area contributed by atoms with E-state index in [1.807, 2.05) is 158 Å². The van der Waals surface area contributed by atoms with E-state index in [1.165, 1.54) is 121 Å². The van der Waals surface area contributed by atoms with Gasteiger partial charge >= 0.3 is 0 Å².